The monoisotopic (exact) mass is 210 g/mol. The van der Waals surface area contributed by atoms with Gasteiger partial charge >= 0.3 is 0 Å². The zero-order valence-corrected chi connectivity index (χ0v) is 10.1. The van der Waals surface area contributed by atoms with Crippen molar-refractivity contribution < 1.29 is 0 Å². The third-order valence-electron chi connectivity index (χ3n) is 4.34. The van der Waals surface area contributed by atoms with E-state index in [0.717, 1.165) is 18.5 Å². The average molecular weight is 210 g/mol. The van der Waals surface area contributed by atoms with Gasteiger partial charge in [0, 0.05) is 18.6 Å². The second kappa shape index (κ2) is 5.31. The van der Waals surface area contributed by atoms with Gasteiger partial charge in [-0.1, -0.05) is 26.2 Å². The maximum Gasteiger partial charge on any atom is 0.0168 e. The first kappa shape index (κ1) is 11.4. The third-order valence-corrected chi connectivity index (χ3v) is 4.34. The van der Waals surface area contributed by atoms with E-state index >= 15 is 0 Å². The van der Waals surface area contributed by atoms with Crippen LogP contribution in [0, 0.1) is 5.92 Å². The number of rotatable bonds is 2. The Labute approximate surface area is 94.2 Å². The molecule has 2 aliphatic rings. The summed E-state index contributed by atoms with van der Waals surface area (Å²) in [5.41, 5.74) is 6.06. The van der Waals surface area contributed by atoms with Gasteiger partial charge in [-0.15, -0.1) is 0 Å². The van der Waals surface area contributed by atoms with E-state index in [9.17, 15) is 0 Å². The van der Waals surface area contributed by atoms with Gasteiger partial charge in [-0.05, 0) is 38.1 Å². The second-order valence-corrected chi connectivity index (χ2v) is 5.49. The molecule has 1 aliphatic carbocycles. The molecule has 0 amide bonds. The predicted octanol–water partition coefficient (Wildman–Crippen LogP) is 2.38. The van der Waals surface area contributed by atoms with Crippen LogP contribution in [0.1, 0.15) is 51.9 Å². The van der Waals surface area contributed by atoms with E-state index in [4.69, 9.17) is 5.73 Å². The Balaban J connectivity index is 1.86. The molecule has 3 unspecified atom stereocenters. The molecule has 2 N–H and O–H groups in total. The van der Waals surface area contributed by atoms with Gasteiger partial charge in [-0.25, -0.2) is 0 Å². The maximum absolute atomic E-state index is 6.06. The molecule has 1 saturated carbocycles. The number of piperidine rings is 1. The summed E-state index contributed by atoms with van der Waals surface area (Å²) >= 11 is 0. The Hall–Kier alpha value is -0.0800. The van der Waals surface area contributed by atoms with Crippen molar-refractivity contribution in [1.82, 2.24) is 4.90 Å². The van der Waals surface area contributed by atoms with Crippen molar-refractivity contribution in [3.8, 4) is 0 Å². The summed E-state index contributed by atoms with van der Waals surface area (Å²) in [4.78, 5) is 2.68. The van der Waals surface area contributed by atoms with E-state index in [1.807, 2.05) is 0 Å². The first-order chi connectivity index (χ1) is 7.29. The lowest BCUT2D eigenvalue weighted by atomic mass is 9.83. The minimum absolute atomic E-state index is 0.445. The lowest BCUT2D eigenvalue weighted by Crippen LogP contribution is -2.49. The fraction of sp³-hybridized carbons (Fsp3) is 1.00. The topological polar surface area (TPSA) is 29.3 Å². The molecule has 0 aromatic heterocycles. The lowest BCUT2D eigenvalue weighted by molar-refractivity contribution is 0.0990. The van der Waals surface area contributed by atoms with E-state index in [1.165, 1.54) is 51.5 Å². The van der Waals surface area contributed by atoms with Crippen LogP contribution in [0.5, 0.6) is 0 Å². The highest BCUT2D eigenvalue weighted by molar-refractivity contribution is 4.84. The Bertz CT molecular complexity index is 193. The van der Waals surface area contributed by atoms with Crippen molar-refractivity contribution in [3.05, 3.63) is 0 Å². The molecule has 0 bridgehead atoms. The molecule has 1 heterocycles. The largest absolute Gasteiger partial charge is 0.327 e. The van der Waals surface area contributed by atoms with E-state index in [1.54, 1.807) is 0 Å². The van der Waals surface area contributed by atoms with Crippen molar-refractivity contribution >= 4 is 0 Å². The fourth-order valence-electron chi connectivity index (χ4n) is 3.34. The van der Waals surface area contributed by atoms with Gasteiger partial charge in [-0.2, -0.15) is 0 Å². The van der Waals surface area contributed by atoms with E-state index in [-0.39, 0.29) is 0 Å². The highest BCUT2D eigenvalue weighted by atomic mass is 15.2. The summed E-state index contributed by atoms with van der Waals surface area (Å²) in [5, 5.41) is 0. The molecule has 2 heteroatoms. The van der Waals surface area contributed by atoms with Crippen LogP contribution < -0.4 is 5.73 Å². The SMILES string of the molecule is CCC1CCCC(N2CCCC(N)C2)C1. The lowest BCUT2D eigenvalue weighted by Gasteiger charge is -2.41. The van der Waals surface area contributed by atoms with Crippen molar-refractivity contribution in [1.29, 1.82) is 0 Å². The first-order valence-electron chi connectivity index (χ1n) is 6.79. The standard InChI is InChI=1S/C13H26N2/c1-2-11-5-3-7-13(9-11)15-8-4-6-12(14)10-15/h11-13H,2-10,14H2,1H3. The highest BCUT2D eigenvalue weighted by Gasteiger charge is 2.28. The van der Waals surface area contributed by atoms with E-state index in [0.29, 0.717) is 6.04 Å². The average Bonchev–Trinajstić information content (AvgIpc) is 2.29. The Morgan fingerprint density at radius 3 is 2.80 bits per heavy atom. The van der Waals surface area contributed by atoms with Crippen LogP contribution in [0.2, 0.25) is 0 Å². The molecule has 88 valence electrons. The first-order valence-corrected chi connectivity index (χ1v) is 6.79. The fourth-order valence-corrected chi connectivity index (χ4v) is 3.34. The molecular formula is C13H26N2. The molecule has 2 fully saturated rings. The Kier molecular flexibility index (Phi) is 4.04. The van der Waals surface area contributed by atoms with Crippen LogP contribution >= 0.6 is 0 Å². The summed E-state index contributed by atoms with van der Waals surface area (Å²) in [5.74, 6) is 0.988. The Morgan fingerprint density at radius 1 is 1.20 bits per heavy atom. The predicted molar refractivity (Wildman–Crippen MR) is 64.8 cm³/mol. The van der Waals surface area contributed by atoms with Gasteiger partial charge in [0.15, 0.2) is 0 Å². The van der Waals surface area contributed by atoms with Crippen molar-refractivity contribution in [3.63, 3.8) is 0 Å². The van der Waals surface area contributed by atoms with Crippen LogP contribution in [-0.2, 0) is 0 Å². The molecule has 0 aromatic rings. The Morgan fingerprint density at radius 2 is 2.07 bits per heavy atom. The molecule has 0 spiro atoms. The third kappa shape index (κ3) is 2.94. The smallest absolute Gasteiger partial charge is 0.0168 e. The number of nitrogens with zero attached hydrogens (tertiary/aromatic N) is 1. The van der Waals surface area contributed by atoms with Crippen LogP contribution in [0.25, 0.3) is 0 Å². The van der Waals surface area contributed by atoms with Crippen molar-refractivity contribution in [2.45, 2.75) is 64.0 Å². The van der Waals surface area contributed by atoms with E-state index in [2.05, 4.69) is 11.8 Å². The van der Waals surface area contributed by atoms with Gasteiger partial charge in [0.2, 0.25) is 0 Å². The molecule has 3 atom stereocenters. The minimum Gasteiger partial charge on any atom is -0.327 e. The summed E-state index contributed by atoms with van der Waals surface area (Å²) in [6, 6.07) is 1.30. The van der Waals surface area contributed by atoms with Gasteiger partial charge < -0.3 is 5.73 Å². The number of hydrogen-bond donors (Lipinski definition) is 1. The van der Waals surface area contributed by atoms with Crippen LogP contribution in [0.4, 0.5) is 0 Å². The van der Waals surface area contributed by atoms with Crippen LogP contribution in [0.3, 0.4) is 0 Å². The summed E-state index contributed by atoms with van der Waals surface area (Å²) in [7, 11) is 0. The quantitative estimate of drug-likeness (QED) is 0.758. The van der Waals surface area contributed by atoms with Crippen molar-refractivity contribution in [2.75, 3.05) is 13.1 Å². The maximum atomic E-state index is 6.06. The second-order valence-electron chi connectivity index (χ2n) is 5.49. The number of hydrogen-bond acceptors (Lipinski definition) is 2. The number of nitrogens with two attached hydrogens (primary N) is 1. The zero-order chi connectivity index (χ0) is 10.7. The van der Waals surface area contributed by atoms with Crippen molar-refractivity contribution in [2.24, 2.45) is 11.7 Å². The van der Waals surface area contributed by atoms with E-state index < -0.39 is 0 Å². The summed E-state index contributed by atoms with van der Waals surface area (Å²) < 4.78 is 0. The van der Waals surface area contributed by atoms with Crippen LogP contribution in [-0.4, -0.2) is 30.1 Å². The molecule has 0 aromatic carbocycles. The molecule has 0 radical (unpaired) electrons. The molecule has 2 rings (SSSR count). The molecule has 1 aliphatic heterocycles. The summed E-state index contributed by atoms with van der Waals surface area (Å²) in [6.07, 6.45) is 9.68. The molecular weight excluding hydrogens is 184 g/mol. The highest BCUT2D eigenvalue weighted by Crippen LogP contribution is 2.30. The molecule has 1 saturated heterocycles. The zero-order valence-electron chi connectivity index (χ0n) is 10.1. The van der Waals surface area contributed by atoms with Gasteiger partial charge in [0.25, 0.3) is 0 Å². The molecule has 2 nitrogen and oxygen atoms in total. The molecule has 15 heavy (non-hydrogen) atoms. The van der Waals surface area contributed by atoms with Gasteiger partial charge in [-0.3, -0.25) is 4.90 Å². The summed E-state index contributed by atoms with van der Waals surface area (Å²) in [6.45, 7) is 4.80. The number of likely N-dealkylation sites (tertiary alicyclic amines) is 1. The van der Waals surface area contributed by atoms with Gasteiger partial charge in [0.1, 0.15) is 0 Å². The van der Waals surface area contributed by atoms with Crippen LogP contribution in [0.15, 0.2) is 0 Å². The minimum atomic E-state index is 0.445. The normalized spacial score (nSPS) is 39.2. The van der Waals surface area contributed by atoms with Gasteiger partial charge in [0.05, 0.1) is 0 Å².